The van der Waals surface area contributed by atoms with E-state index in [2.05, 4.69) is 42.6 Å². The Morgan fingerprint density at radius 1 is 1.16 bits per heavy atom. The van der Waals surface area contributed by atoms with Crippen molar-refractivity contribution < 1.29 is 0 Å². The lowest BCUT2D eigenvalue weighted by atomic mass is 10.0. The van der Waals surface area contributed by atoms with Gasteiger partial charge >= 0.3 is 0 Å². The lowest BCUT2D eigenvalue weighted by molar-refractivity contribution is 0.248. The molecule has 0 saturated carbocycles. The first-order valence-corrected chi connectivity index (χ1v) is 8.80. The van der Waals surface area contributed by atoms with Gasteiger partial charge in [-0.3, -0.25) is 14.9 Å². The molecule has 4 heterocycles. The third kappa shape index (κ3) is 3.20. The Kier molecular flexibility index (Phi) is 4.32. The molecule has 5 heteroatoms. The fraction of sp³-hybridized carbons (Fsp3) is 0.350. The van der Waals surface area contributed by atoms with E-state index in [1.54, 1.807) is 0 Å². The first-order valence-electron chi connectivity index (χ1n) is 8.80. The SMILES string of the molecule is Cc1ncc(-c2cc([C@@H]3CCCN3Cc3cccnc3)ccn2)n1C. The van der Waals surface area contributed by atoms with Crippen LogP contribution in [0.3, 0.4) is 0 Å². The van der Waals surface area contributed by atoms with Crippen LogP contribution >= 0.6 is 0 Å². The van der Waals surface area contributed by atoms with Gasteiger partial charge < -0.3 is 4.57 Å². The Labute approximate surface area is 148 Å². The zero-order valence-corrected chi connectivity index (χ0v) is 14.8. The molecule has 3 aromatic heterocycles. The highest BCUT2D eigenvalue weighted by atomic mass is 15.2. The van der Waals surface area contributed by atoms with Gasteiger partial charge in [-0.2, -0.15) is 0 Å². The summed E-state index contributed by atoms with van der Waals surface area (Å²) in [5.41, 5.74) is 4.67. The Morgan fingerprint density at radius 2 is 2.08 bits per heavy atom. The number of aryl methyl sites for hydroxylation is 1. The van der Waals surface area contributed by atoms with E-state index in [1.165, 1.54) is 24.0 Å². The molecule has 3 aromatic rings. The maximum Gasteiger partial charge on any atom is 0.105 e. The minimum Gasteiger partial charge on any atom is -0.330 e. The number of hydrogen-bond acceptors (Lipinski definition) is 4. The molecule has 1 aliphatic rings. The standard InChI is InChI=1S/C20H23N5/c1-15-23-13-20(24(15)2)18-11-17(7-9-22-18)19-6-4-10-25(19)14-16-5-3-8-21-12-16/h3,5,7-9,11-13,19H,4,6,10,14H2,1-2H3/t19-/m0/s1. The normalized spacial score (nSPS) is 17.9. The van der Waals surface area contributed by atoms with Gasteiger partial charge in [0.25, 0.3) is 0 Å². The molecule has 1 saturated heterocycles. The lowest BCUT2D eigenvalue weighted by Crippen LogP contribution is -2.22. The molecule has 1 fully saturated rings. The van der Waals surface area contributed by atoms with Gasteiger partial charge in [0.05, 0.1) is 17.6 Å². The smallest absolute Gasteiger partial charge is 0.105 e. The molecule has 5 nitrogen and oxygen atoms in total. The van der Waals surface area contributed by atoms with E-state index in [0.29, 0.717) is 6.04 Å². The van der Waals surface area contributed by atoms with E-state index < -0.39 is 0 Å². The molecule has 0 bridgehead atoms. The van der Waals surface area contributed by atoms with Crippen molar-refractivity contribution >= 4 is 0 Å². The molecule has 0 amide bonds. The fourth-order valence-corrected chi connectivity index (χ4v) is 3.65. The Hall–Kier alpha value is -2.53. The Balaban J connectivity index is 1.60. The van der Waals surface area contributed by atoms with Gasteiger partial charge in [0.15, 0.2) is 0 Å². The second-order valence-corrected chi connectivity index (χ2v) is 6.71. The number of aromatic nitrogens is 4. The topological polar surface area (TPSA) is 46.8 Å². The van der Waals surface area contributed by atoms with Crippen LogP contribution in [0.5, 0.6) is 0 Å². The van der Waals surface area contributed by atoms with Crippen LogP contribution in [0.15, 0.2) is 49.1 Å². The summed E-state index contributed by atoms with van der Waals surface area (Å²) in [4.78, 5) is 15.8. The molecule has 25 heavy (non-hydrogen) atoms. The van der Waals surface area contributed by atoms with Crippen molar-refractivity contribution in [2.45, 2.75) is 32.4 Å². The highest BCUT2D eigenvalue weighted by Crippen LogP contribution is 2.34. The minimum atomic E-state index is 0.441. The summed E-state index contributed by atoms with van der Waals surface area (Å²) in [6.07, 6.45) is 10.0. The fourth-order valence-electron chi connectivity index (χ4n) is 3.65. The number of pyridine rings is 2. The first-order chi connectivity index (χ1) is 12.2. The molecular formula is C20H23N5. The molecule has 0 radical (unpaired) electrons. The summed E-state index contributed by atoms with van der Waals surface area (Å²) in [7, 11) is 2.04. The summed E-state index contributed by atoms with van der Waals surface area (Å²) in [5.74, 6) is 1.00. The maximum absolute atomic E-state index is 4.57. The molecular weight excluding hydrogens is 310 g/mol. The van der Waals surface area contributed by atoms with Crippen molar-refractivity contribution in [2.75, 3.05) is 6.54 Å². The van der Waals surface area contributed by atoms with E-state index >= 15 is 0 Å². The zero-order chi connectivity index (χ0) is 17.2. The summed E-state index contributed by atoms with van der Waals surface area (Å²) >= 11 is 0. The van der Waals surface area contributed by atoms with Gasteiger partial charge in [-0.25, -0.2) is 4.98 Å². The quantitative estimate of drug-likeness (QED) is 0.733. The van der Waals surface area contributed by atoms with Crippen molar-refractivity contribution in [1.82, 2.24) is 24.4 Å². The van der Waals surface area contributed by atoms with Crippen LogP contribution in [0.1, 0.15) is 35.8 Å². The summed E-state index contributed by atoms with van der Waals surface area (Å²) in [6, 6.07) is 8.98. The molecule has 1 atom stereocenters. The van der Waals surface area contributed by atoms with Crippen molar-refractivity contribution in [3.8, 4) is 11.4 Å². The van der Waals surface area contributed by atoms with Gasteiger partial charge in [0, 0.05) is 38.2 Å². The average molecular weight is 333 g/mol. The van der Waals surface area contributed by atoms with Crippen LogP contribution in [0.2, 0.25) is 0 Å². The number of rotatable bonds is 4. The summed E-state index contributed by atoms with van der Waals surface area (Å²) in [6.45, 7) is 4.09. The highest BCUT2D eigenvalue weighted by molar-refractivity contribution is 5.55. The Morgan fingerprint density at radius 3 is 2.84 bits per heavy atom. The van der Waals surface area contributed by atoms with Gasteiger partial charge in [-0.1, -0.05) is 6.07 Å². The zero-order valence-electron chi connectivity index (χ0n) is 14.8. The van der Waals surface area contributed by atoms with Crippen LogP contribution in [-0.4, -0.2) is 31.0 Å². The monoisotopic (exact) mass is 333 g/mol. The predicted octanol–water partition coefficient (Wildman–Crippen LogP) is 3.52. The van der Waals surface area contributed by atoms with Crippen LogP contribution in [0, 0.1) is 6.92 Å². The molecule has 0 N–H and O–H groups in total. The molecule has 4 rings (SSSR count). The number of nitrogens with zero attached hydrogens (tertiary/aromatic N) is 5. The van der Waals surface area contributed by atoms with Gasteiger partial charge in [0.1, 0.15) is 5.82 Å². The van der Waals surface area contributed by atoms with Crippen molar-refractivity contribution in [3.05, 3.63) is 66.0 Å². The first kappa shape index (κ1) is 16.0. The number of likely N-dealkylation sites (tertiary alicyclic amines) is 1. The summed E-state index contributed by atoms with van der Waals surface area (Å²) < 4.78 is 2.09. The predicted molar refractivity (Wildman–Crippen MR) is 97.8 cm³/mol. The molecule has 0 spiro atoms. The van der Waals surface area contributed by atoms with E-state index in [0.717, 1.165) is 30.3 Å². The minimum absolute atomic E-state index is 0.441. The van der Waals surface area contributed by atoms with Crippen LogP contribution in [-0.2, 0) is 13.6 Å². The second-order valence-electron chi connectivity index (χ2n) is 6.71. The van der Waals surface area contributed by atoms with Crippen molar-refractivity contribution in [1.29, 1.82) is 0 Å². The molecule has 0 aromatic carbocycles. The Bertz CT molecular complexity index is 856. The third-order valence-electron chi connectivity index (χ3n) is 5.12. The molecule has 1 aliphatic heterocycles. The van der Waals surface area contributed by atoms with E-state index in [1.807, 2.05) is 44.8 Å². The van der Waals surface area contributed by atoms with Gasteiger partial charge in [-0.05, 0) is 55.6 Å². The average Bonchev–Trinajstić information content (AvgIpc) is 3.23. The van der Waals surface area contributed by atoms with Crippen molar-refractivity contribution in [2.24, 2.45) is 7.05 Å². The van der Waals surface area contributed by atoms with Crippen LogP contribution in [0.4, 0.5) is 0 Å². The maximum atomic E-state index is 4.57. The molecule has 0 unspecified atom stereocenters. The number of imidazole rings is 1. The van der Waals surface area contributed by atoms with E-state index in [9.17, 15) is 0 Å². The molecule has 0 aliphatic carbocycles. The molecule has 128 valence electrons. The van der Waals surface area contributed by atoms with Crippen molar-refractivity contribution in [3.63, 3.8) is 0 Å². The third-order valence-corrected chi connectivity index (χ3v) is 5.12. The largest absolute Gasteiger partial charge is 0.330 e. The highest BCUT2D eigenvalue weighted by Gasteiger charge is 2.26. The van der Waals surface area contributed by atoms with Gasteiger partial charge in [-0.15, -0.1) is 0 Å². The number of hydrogen-bond donors (Lipinski definition) is 0. The van der Waals surface area contributed by atoms with E-state index in [4.69, 9.17) is 0 Å². The van der Waals surface area contributed by atoms with Crippen LogP contribution in [0.25, 0.3) is 11.4 Å². The summed E-state index contributed by atoms with van der Waals surface area (Å²) in [5, 5.41) is 0. The lowest BCUT2D eigenvalue weighted by Gasteiger charge is -2.25. The van der Waals surface area contributed by atoms with Crippen LogP contribution < -0.4 is 0 Å². The second kappa shape index (κ2) is 6.76. The van der Waals surface area contributed by atoms with E-state index in [-0.39, 0.29) is 0 Å². The van der Waals surface area contributed by atoms with Gasteiger partial charge in [0.2, 0.25) is 0 Å².